The smallest absolute Gasteiger partial charge is 0.224 e. The molecule has 3 nitrogen and oxygen atoms in total. The lowest BCUT2D eigenvalue weighted by Crippen LogP contribution is -2.09. The maximum Gasteiger partial charge on any atom is 0.224 e. The van der Waals surface area contributed by atoms with Gasteiger partial charge in [-0.3, -0.25) is 9.59 Å². The largest absolute Gasteiger partial charge is 0.326 e. The second-order valence-corrected chi connectivity index (χ2v) is 6.63. The van der Waals surface area contributed by atoms with Crippen LogP contribution in [0.1, 0.15) is 23.7 Å². The van der Waals surface area contributed by atoms with E-state index < -0.39 is 0 Å². The molecule has 0 radical (unpaired) electrons. The Hall–Kier alpha value is -1.49. The van der Waals surface area contributed by atoms with Gasteiger partial charge in [0.05, 0.1) is 10.8 Å². The van der Waals surface area contributed by atoms with Gasteiger partial charge in [-0.1, -0.05) is 30.1 Å². The van der Waals surface area contributed by atoms with E-state index in [9.17, 15) is 9.59 Å². The molecule has 120 valence electrons. The molecule has 0 bridgehead atoms. The highest BCUT2D eigenvalue weighted by Crippen LogP contribution is 2.30. The number of carbonyl (C=O) groups is 2. The minimum absolute atomic E-state index is 0.0144. The van der Waals surface area contributed by atoms with E-state index in [2.05, 4.69) is 5.32 Å². The van der Waals surface area contributed by atoms with Crippen molar-refractivity contribution in [3.63, 3.8) is 0 Å². The van der Waals surface area contributed by atoms with Crippen LogP contribution in [0.3, 0.4) is 0 Å². The first-order valence-corrected chi connectivity index (χ1v) is 8.74. The van der Waals surface area contributed by atoms with E-state index in [-0.39, 0.29) is 17.4 Å². The Labute approximate surface area is 149 Å². The van der Waals surface area contributed by atoms with Crippen molar-refractivity contribution in [3.8, 4) is 0 Å². The maximum atomic E-state index is 12.2. The number of thioether (sulfide) groups is 1. The second kappa shape index (κ2) is 8.39. The van der Waals surface area contributed by atoms with Crippen LogP contribution in [0.2, 0.25) is 10.0 Å². The lowest BCUT2D eigenvalue weighted by atomic mass is 10.1. The summed E-state index contributed by atoms with van der Waals surface area (Å²) in [7, 11) is 0. The molecule has 0 aromatic heterocycles. The molecule has 0 unspecified atom stereocenters. The summed E-state index contributed by atoms with van der Waals surface area (Å²) in [4.78, 5) is 24.3. The number of rotatable bonds is 6. The standard InChI is InChI=1S/C17H15Cl2NO2S/c1-2-17(22)20-13-6-3-11(4-7-13)15(21)10-23-16-9-12(18)5-8-14(16)19/h3-9H,2,10H2,1H3,(H,20,22). The highest BCUT2D eigenvalue weighted by molar-refractivity contribution is 8.00. The van der Waals surface area contributed by atoms with E-state index in [4.69, 9.17) is 23.2 Å². The first-order chi connectivity index (χ1) is 11.0. The predicted octanol–water partition coefficient (Wildman–Crippen LogP) is 5.32. The molecule has 1 amide bonds. The third kappa shape index (κ3) is 5.27. The molecule has 0 saturated heterocycles. The van der Waals surface area contributed by atoms with E-state index in [1.54, 1.807) is 49.4 Å². The number of anilines is 1. The first-order valence-electron chi connectivity index (χ1n) is 7.00. The fraction of sp³-hybridized carbons (Fsp3) is 0.176. The molecule has 1 N–H and O–H groups in total. The molecule has 0 aliphatic heterocycles. The van der Waals surface area contributed by atoms with Crippen LogP contribution in [-0.2, 0) is 4.79 Å². The van der Waals surface area contributed by atoms with Crippen LogP contribution < -0.4 is 5.32 Å². The van der Waals surface area contributed by atoms with Gasteiger partial charge in [0, 0.05) is 27.6 Å². The summed E-state index contributed by atoms with van der Waals surface area (Å²) in [5, 5.41) is 3.90. The van der Waals surface area contributed by atoms with Crippen LogP contribution in [0.4, 0.5) is 5.69 Å². The zero-order chi connectivity index (χ0) is 16.8. The van der Waals surface area contributed by atoms with Gasteiger partial charge in [0.25, 0.3) is 0 Å². The molecular formula is C17H15Cl2NO2S. The van der Waals surface area contributed by atoms with Crippen LogP contribution in [0.5, 0.6) is 0 Å². The molecule has 0 spiro atoms. The third-order valence-electron chi connectivity index (χ3n) is 3.06. The number of hydrogen-bond donors (Lipinski definition) is 1. The lowest BCUT2D eigenvalue weighted by Gasteiger charge is -2.06. The van der Waals surface area contributed by atoms with Gasteiger partial charge < -0.3 is 5.32 Å². The Kier molecular flexibility index (Phi) is 6.51. The number of hydrogen-bond acceptors (Lipinski definition) is 3. The molecule has 2 aromatic rings. The molecule has 0 aliphatic rings. The number of carbonyl (C=O) groups excluding carboxylic acids is 2. The van der Waals surface area contributed by atoms with Crippen LogP contribution >= 0.6 is 35.0 Å². The van der Waals surface area contributed by atoms with Gasteiger partial charge in [-0.25, -0.2) is 0 Å². The fourth-order valence-electron chi connectivity index (χ4n) is 1.80. The number of halogens is 2. The summed E-state index contributed by atoms with van der Waals surface area (Å²) in [6.07, 6.45) is 0.414. The van der Waals surface area contributed by atoms with Gasteiger partial charge in [-0.05, 0) is 42.5 Å². The molecule has 0 aliphatic carbocycles. The van der Waals surface area contributed by atoms with Crippen molar-refractivity contribution in [3.05, 3.63) is 58.1 Å². The quantitative estimate of drug-likeness (QED) is 0.555. The number of Topliss-reactive ketones (excluding diaryl/α,β-unsaturated/α-hetero) is 1. The highest BCUT2D eigenvalue weighted by Gasteiger charge is 2.09. The van der Waals surface area contributed by atoms with Crippen LogP contribution in [0, 0.1) is 0 Å². The normalized spacial score (nSPS) is 10.4. The Bertz CT molecular complexity index is 717. The number of nitrogens with one attached hydrogen (secondary N) is 1. The summed E-state index contributed by atoms with van der Waals surface area (Å²) < 4.78 is 0. The van der Waals surface area contributed by atoms with Gasteiger partial charge in [0.2, 0.25) is 5.91 Å². The van der Waals surface area contributed by atoms with Gasteiger partial charge >= 0.3 is 0 Å². The third-order valence-corrected chi connectivity index (χ3v) is 4.80. The minimum atomic E-state index is -0.0600. The van der Waals surface area contributed by atoms with E-state index >= 15 is 0 Å². The van der Waals surface area contributed by atoms with Crippen molar-refractivity contribution in [2.45, 2.75) is 18.2 Å². The molecule has 0 atom stereocenters. The van der Waals surface area contributed by atoms with Gasteiger partial charge in [0.1, 0.15) is 0 Å². The van der Waals surface area contributed by atoms with Crippen molar-refractivity contribution < 1.29 is 9.59 Å². The van der Waals surface area contributed by atoms with E-state index in [0.717, 1.165) is 4.90 Å². The van der Waals surface area contributed by atoms with Crippen molar-refractivity contribution in [2.75, 3.05) is 11.1 Å². The highest BCUT2D eigenvalue weighted by atomic mass is 35.5. The summed E-state index contributed by atoms with van der Waals surface area (Å²) in [5.74, 6) is 0.190. The maximum absolute atomic E-state index is 12.2. The molecule has 0 fully saturated rings. The minimum Gasteiger partial charge on any atom is -0.326 e. The Balaban J connectivity index is 1.98. The van der Waals surface area contributed by atoms with E-state index in [1.807, 2.05) is 0 Å². The molecule has 23 heavy (non-hydrogen) atoms. The average molecular weight is 368 g/mol. The Morgan fingerprint density at radius 1 is 1.09 bits per heavy atom. The fourth-order valence-corrected chi connectivity index (χ4v) is 3.19. The predicted molar refractivity (Wildman–Crippen MR) is 96.9 cm³/mol. The number of ketones is 1. The van der Waals surface area contributed by atoms with Crippen molar-refractivity contribution in [1.29, 1.82) is 0 Å². The van der Waals surface area contributed by atoms with Gasteiger partial charge in [0.15, 0.2) is 5.78 Å². The molecular weight excluding hydrogens is 353 g/mol. The average Bonchev–Trinajstić information content (AvgIpc) is 2.56. The van der Waals surface area contributed by atoms with Gasteiger partial charge in [-0.2, -0.15) is 0 Å². The molecule has 2 aromatic carbocycles. The number of amides is 1. The zero-order valence-corrected chi connectivity index (χ0v) is 14.8. The topological polar surface area (TPSA) is 46.2 Å². The molecule has 0 heterocycles. The van der Waals surface area contributed by atoms with Crippen molar-refractivity contribution >= 4 is 52.3 Å². The van der Waals surface area contributed by atoms with Crippen LogP contribution in [0.25, 0.3) is 0 Å². The molecule has 2 rings (SSSR count). The van der Waals surface area contributed by atoms with E-state index in [1.165, 1.54) is 11.8 Å². The first kappa shape index (κ1) is 17.9. The number of benzene rings is 2. The Morgan fingerprint density at radius 3 is 2.43 bits per heavy atom. The van der Waals surface area contributed by atoms with E-state index in [0.29, 0.717) is 27.7 Å². The van der Waals surface area contributed by atoms with Crippen molar-refractivity contribution in [2.24, 2.45) is 0 Å². The summed E-state index contributed by atoms with van der Waals surface area (Å²) in [5.41, 5.74) is 1.27. The Morgan fingerprint density at radius 2 is 1.78 bits per heavy atom. The molecule has 0 saturated carbocycles. The molecule has 6 heteroatoms. The van der Waals surface area contributed by atoms with Crippen molar-refractivity contribution in [1.82, 2.24) is 0 Å². The summed E-state index contributed by atoms with van der Waals surface area (Å²) in [6, 6.07) is 12.0. The summed E-state index contributed by atoms with van der Waals surface area (Å²) >= 11 is 13.4. The zero-order valence-electron chi connectivity index (χ0n) is 12.4. The monoisotopic (exact) mass is 367 g/mol. The van der Waals surface area contributed by atoms with Crippen LogP contribution in [0.15, 0.2) is 47.4 Å². The lowest BCUT2D eigenvalue weighted by molar-refractivity contribution is -0.115. The SMILES string of the molecule is CCC(=O)Nc1ccc(C(=O)CSc2cc(Cl)ccc2Cl)cc1. The summed E-state index contributed by atoms with van der Waals surface area (Å²) in [6.45, 7) is 1.78. The van der Waals surface area contributed by atoms with Crippen LogP contribution in [-0.4, -0.2) is 17.4 Å². The van der Waals surface area contributed by atoms with Gasteiger partial charge in [-0.15, -0.1) is 11.8 Å². The second-order valence-electron chi connectivity index (χ2n) is 4.77.